The van der Waals surface area contributed by atoms with Crippen LogP contribution in [0.1, 0.15) is 6.42 Å². The maximum atomic E-state index is 8.56. The first kappa shape index (κ1) is 12.9. The van der Waals surface area contributed by atoms with Crippen LogP contribution in [0.5, 0.6) is 0 Å². The van der Waals surface area contributed by atoms with E-state index >= 15 is 0 Å². The Kier molecular flexibility index (Phi) is 5.00. The Morgan fingerprint density at radius 1 is 1.00 bits per heavy atom. The van der Waals surface area contributed by atoms with Gasteiger partial charge in [-0.25, -0.2) is 0 Å². The molecule has 0 aliphatic heterocycles. The molecule has 2 N–H and O–H groups in total. The smallest absolute Gasteiger partial charge is 0.0697 e. The van der Waals surface area contributed by atoms with E-state index in [1.54, 1.807) is 0 Å². The van der Waals surface area contributed by atoms with Gasteiger partial charge in [-0.15, -0.1) is 0 Å². The second-order valence-corrected chi connectivity index (χ2v) is 4.18. The molecule has 3 nitrogen and oxygen atoms in total. The second kappa shape index (κ2) is 6.99. The summed E-state index contributed by atoms with van der Waals surface area (Å²) >= 11 is 0. The molecule has 0 aliphatic rings. The maximum Gasteiger partial charge on any atom is 0.0697 e. The molecule has 0 heterocycles. The summed E-state index contributed by atoms with van der Waals surface area (Å²) in [5.41, 5.74) is 1.14. The standard InChI is InChI=1S/C15H19NO2/c17-9-11-18-10-3-8-16-15-7-6-13-4-1-2-5-14(13)12-15/h1-2,4-7,12,16-17H,3,8-11H2. The van der Waals surface area contributed by atoms with Gasteiger partial charge in [-0.1, -0.05) is 30.3 Å². The number of aliphatic hydroxyl groups excluding tert-OH is 1. The van der Waals surface area contributed by atoms with Crippen molar-refractivity contribution in [3.05, 3.63) is 42.5 Å². The molecule has 0 saturated heterocycles. The van der Waals surface area contributed by atoms with Gasteiger partial charge in [-0.2, -0.15) is 0 Å². The fraction of sp³-hybridized carbons (Fsp3) is 0.333. The molecule has 0 amide bonds. The predicted octanol–water partition coefficient (Wildman–Crippen LogP) is 2.65. The molecule has 0 aliphatic carbocycles. The van der Waals surface area contributed by atoms with E-state index in [1.165, 1.54) is 10.8 Å². The van der Waals surface area contributed by atoms with Gasteiger partial charge in [0.15, 0.2) is 0 Å². The molecule has 0 aromatic heterocycles. The lowest BCUT2D eigenvalue weighted by molar-refractivity contribution is 0.0922. The molecular weight excluding hydrogens is 226 g/mol. The van der Waals surface area contributed by atoms with Gasteiger partial charge in [0.1, 0.15) is 0 Å². The van der Waals surface area contributed by atoms with Crippen molar-refractivity contribution in [3.63, 3.8) is 0 Å². The van der Waals surface area contributed by atoms with E-state index < -0.39 is 0 Å². The fourth-order valence-corrected chi connectivity index (χ4v) is 1.87. The van der Waals surface area contributed by atoms with Crippen LogP contribution in [0.2, 0.25) is 0 Å². The van der Waals surface area contributed by atoms with Crippen molar-refractivity contribution in [2.75, 3.05) is 31.7 Å². The Balaban J connectivity index is 1.81. The second-order valence-electron chi connectivity index (χ2n) is 4.18. The first-order valence-electron chi connectivity index (χ1n) is 6.31. The van der Waals surface area contributed by atoms with E-state index in [0.717, 1.165) is 18.7 Å². The van der Waals surface area contributed by atoms with Crippen LogP contribution in [0.3, 0.4) is 0 Å². The van der Waals surface area contributed by atoms with E-state index in [9.17, 15) is 0 Å². The minimum atomic E-state index is 0.0953. The van der Waals surface area contributed by atoms with Gasteiger partial charge in [0.05, 0.1) is 13.2 Å². The van der Waals surface area contributed by atoms with Crippen LogP contribution >= 0.6 is 0 Å². The van der Waals surface area contributed by atoms with Gasteiger partial charge in [-0.05, 0) is 29.3 Å². The molecule has 2 aromatic rings. The zero-order chi connectivity index (χ0) is 12.6. The molecule has 0 radical (unpaired) electrons. The van der Waals surface area contributed by atoms with Crippen molar-refractivity contribution in [2.45, 2.75) is 6.42 Å². The molecule has 0 fully saturated rings. The van der Waals surface area contributed by atoms with Crippen LogP contribution in [0.15, 0.2) is 42.5 Å². The minimum Gasteiger partial charge on any atom is -0.394 e. The zero-order valence-electron chi connectivity index (χ0n) is 10.4. The lowest BCUT2D eigenvalue weighted by Crippen LogP contribution is -2.07. The lowest BCUT2D eigenvalue weighted by Gasteiger charge is -2.07. The topological polar surface area (TPSA) is 41.5 Å². The summed E-state index contributed by atoms with van der Waals surface area (Å²) in [7, 11) is 0. The molecule has 2 rings (SSSR count). The molecule has 0 saturated carbocycles. The van der Waals surface area contributed by atoms with Crippen LogP contribution < -0.4 is 5.32 Å². The van der Waals surface area contributed by atoms with Crippen molar-refractivity contribution in [1.82, 2.24) is 0 Å². The number of ether oxygens (including phenoxy) is 1. The lowest BCUT2D eigenvalue weighted by atomic mass is 10.1. The normalized spacial score (nSPS) is 10.7. The highest BCUT2D eigenvalue weighted by atomic mass is 16.5. The number of fused-ring (bicyclic) bond motifs is 1. The van der Waals surface area contributed by atoms with Gasteiger partial charge in [0, 0.05) is 18.8 Å². The van der Waals surface area contributed by atoms with Gasteiger partial charge >= 0.3 is 0 Å². The summed E-state index contributed by atoms with van der Waals surface area (Å²) in [4.78, 5) is 0. The largest absolute Gasteiger partial charge is 0.394 e. The number of rotatable bonds is 7. The van der Waals surface area contributed by atoms with E-state index in [1.807, 2.05) is 6.07 Å². The third-order valence-corrected chi connectivity index (χ3v) is 2.78. The molecule has 3 heteroatoms. The van der Waals surface area contributed by atoms with Gasteiger partial charge in [0.2, 0.25) is 0 Å². The Morgan fingerprint density at radius 3 is 2.67 bits per heavy atom. The molecule has 0 atom stereocenters. The number of anilines is 1. The van der Waals surface area contributed by atoms with E-state index in [-0.39, 0.29) is 6.61 Å². The summed E-state index contributed by atoms with van der Waals surface area (Å²) in [6.07, 6.45) is 0.937. The van der Waals surface area contributed by atoms with Crippen molar-refractivity contribution in [2.24, 2.45) is 0 Å². The number of aliphatic hydroxyl groups is 1. The van der Waals surface area contributed by atoms with Gasteiger partial charge < -0.3 is 15.2 Å². The van der Waals surface area contributed by atoms with E-state index in [0.29, 0.717) is 13.2 Å². The highest BCUT2D eigenvalue weighted by Gasteiger charge is 1.95. The third kappa shape index (κ3) is 3.72. The zero-order valence-corrected chi connectivity index (χ0v) is 10.4. The average Bonchev–Trinajstić information content (AvgIpc) is 2.42. The molecule has 2 aromatic carbocycles. The molecule has 0 unspecified atom stereocenters. The predicted molar refractivity (Wildman–Crippen MR) is 75.0 cm³/mol. The van der Waals surface area contributed by atoms with E-state index in [2.05, 4.69) is 41.7 Å². The quantitative estimate of drug-likeness (QED) is 0.737. The molecule has 0 bridgehead atoms. The van der Waals surface area contributed by atoms with Crippen LogP contribution in [0, 0.1) is 0 Å². The summed E-state index contributed by atoms with van der Waals surface area (Å²) in [6.45, 7) is 2.08. The first-order chi connectivity index (χ1) is 8.90. The van der Waals surface area contributed by atoms with Gasteiger partial charge in [-0.3, -0.25) is 0 Å². The summed E-state index contributed by atoms with van der Waals surface area (Å²) in [5, 5.41) is 14.4. The van der Waals surface area contributed by atoms with Crippen molar-refractivity contribution in [3.8, 4) is 0 Å². The van der Waals surface area contributed by atoms with Crippen LogP contribution in [-0.2, 0) is 4.74 Å². The number of benzene rings is 2. The summed E-state index contributed by atoms with van der Waals surface area (Å²) < 4.78 is 5.20. The molecule has 0 spiro atoms. The minimum absolute atomic E-state index is 0.0953. The van der Waals surface area contributed by atoms with Crippen molar-refractivity contribution < 1.29 is 9.84 Å². The van der Waals surface area contributed by atoms with Crippen LogP contribution in [0.4, 0.5) is 5.69 Å². The average molecular weight is 245 g/mol. The Bertz CT molecular complexity index is 485. The summed E-state index contributed by atoms with van der Waals surface area (Å²) in [6, 6.07) is 14.7. The monoisotopic (exact) mass is 245 g/mol. The number of hydrogen-bond acceptors (Lipinski definition) is 3. The Morgan fingerprint density at radius 2 is 1.83 bits per heavy atom. The summed E-state index contributed by atoms with van der Waals surface area (Å²) in [5.74, 6) is 0. The van der Waals surface area contributed by atoms with E-state index in [4.69, 9.17) is 9.84 Å². The highest BCUT2D eigenvalue weighted by Crippen LogP contribution is 2.18. The van der Waals surface area contributed by atoms with Crippen LogP contribution in [-0.4, -0.2) is 31.5 Å². The Hall–Kier alpha value is -1.58. The SMILES string of the molecule is OCCOCCCNc1ccc2ccccc2c1. The van der Waals surface area contributed by atoms with Gasteiger partial charge in [0.25, 0.3) is 0 Å². The maximum absolute atomic E-state index is 8.56. The fourth-order valence-electron chi connectivity index (χ4n) is 1.87. The highest BCUT2D eigenvalue weighted by molar-refractivity contribution is 5.85. The Labute approximate surface area is 107 Å². The number of nitrogens with one attached hydrogen (secondary N) is 1. The van der Waals surface area contributed by atoms with Crippen LogP contribution in [0.25, 0.3) is 10.8 Å². The van der Waals surface area contributed by atoms with Crippen molar-refractivity contribution in [1.29, 1.82) is 0 Å². The van der Waals surface area contributed by atoms with Crippen molar-refractivity contribution >= 4 is 16.5 Å². The molecular formula is C15H19NO2. The first-order valence-corrected chi connectivity index (χ1v) is 6.31. The number of hydrogen-bond donors (Lipinski definition) is 2. The molecule has 96 valence electrons. The third-order valence-electron chi connectivity index (χ3n) is 2.78. The molecule has 18 heavy (non-hydrogen) atoms.